The van der Waals surface area contributed by atoms with Crippen LogP contribution in [0.15, 0.2) is 34.9 Å². The molecule has 1 N–H and O–H groups in total. The number of rotatable bonds is 2. The predicted molar refractivity (Wildman–Crippen MR) is 84.0 cm³/mol. The first-order chi connectivity index (χ1) is 8.97. The summed E-state index contributed by atoms with van der Waals surface area (Å²) in [5, 5.41) is 2.98. The Hall–Kier alpha value is -0.730. The van der Waals surface area contributed by atoms with Gasteiger partial charge in [0.2, 0.25) is 0 Å². The van der Waals surface area contributed by atoms with E-state index in [0.29, 0.717) is 24.4 Å². The van der Waals surface area contributed by atoms with Crippen molar-refractivity contribution in [3.05, 3.63) is 55.0 Å². The molecule has 1 aromatic carbocycles. The standard InChI is InChI=1S/C12H6BrClFIN2O/c13-9-4-7(5-17-11(9)14)18-12(19)8-2-1-6(15)3-10(8)16/h1-5H,(H,18,19). The molecule has 0 fully saturated rings. The van der Waals surface area contributed by atoms with Gasteiger partial charge in [0.1, 0.15) is 11.0 Å². The molecule has 0 spiro atoms. The summed E-state index contributed by atoms with van der Waals surface area (Å²) in [6, 6.07) is 5.62. The zero-order chi connectivity index (χ0) is 14.0. The largest absolute Gasteiger partial charge is 0.321 e. The number of carbonyl (C=O) groups excluding carboxylic acids is 1. The lowest BCUT2D eigenvalue weighted by Gasteiger charge is -2.07. The molecule has 2 rings (SSSR count). The van der Waals surface area contributed by atoms with Gasteiger partial charge in [-0.2, -0.15) is 0 Å². The van der Waals surface area contributed by atoms with Crippen molar-refractivity contribution in [3.63, 3.8) is 0 Å². The number of nitrogens with zero attached hydrogens (tertiary/aromatic N) is 1. The second-order valence-electron chi connectivity index (χ2n) is 3.57. The second-order valence-corrected chi connectivity index (χ2v) is 5.95. The maximum Gasteiger partial charge on any atom is 0.256 e. The number of anilines is 1. The monoisotopic (exact) mass is 454 g/mol. The van der Waals surface area contributed by atoms with E-state index in [1.165, 1.54) is 24.4 Å². The van der Waals surface area contributed by atoms with E-state index >= 15 is 0 Å². The van der Waals surface area contributed by atoms with Crippen molar-refractivity contribution in [1.82, 2.24) is 4.98 Å². The van der Waals surface area contributed by atoms with Crippen LogP contribution in [0.3, 0.4) is 0 Å². The van der Waals surface area contributed by atoms with Crippen LogP contribution < -0.4 is 5.32 Å². The number of hydrogen-bond acceptors (Lipinski definition) is 2. The minimum absolute atomic E-state index is 0.314. The number of pyridine rings is 1. The van der Waals surface area contributed by atoms with Crippen LogP contribution in [-0.4, -0.2) is 10.9 Å². The lowest BCUT2D eigenvalue weighted by Crippen LogP contribution is -2.13. The third-order valence-electron chi connectivity index (χ3n) is 2.23. The summed E-state index contributed by atoms with van der Waals surface area (Å²) >= 11 is 10.9. The SMILES string of the molecule is O=C(Nc1cnc(Cl)c(Br)c1)c1ccc(F)cc1I. The van der Waals surface area contributed by atoms with Crippen molar-refractivity contribution in [3.8, 4) is 0 Å². The van der Waals surface area contributed by atoms with Crippen LogP contribution in [0, 0.1) is 9.39 Å². The summed E-state index contributed by atoms with van der Waals surface area (Å²) in [5.74, 6) is -0.711. The highest BCUT2D eigenvalue weighted by Gasteiger charge is 2.11. The fraction of sp³-hybridized carbons (Fsp3) is 0. The van der Waals surface area contributed by atoms with E-state index in [4.69, 9.17) is 11.6 Å². The number of aromatic nitrogens is 1. The van der Waals surface area contributed by atoms with Crippen molar-refractivity contribution in [2.75, 3.05) is 5.32 Å². The average molecular weight is 455 g/mol. The number of halogens is 4. The molecule has 0 atom stereocenters. The molecule has 0 aliphatic rings. The van der Waals surface area contributed by atoms with Crippen molar-refractivity contribution in [2.45, 2.75) is 0 Å². The quantitative estimate of drug-likeness (QED) is 0.536. The molecule has 0 radical (unpaired) electrons. The minimum Gasteiger partial charge on any atom is -0.321 e. The molecule has 98 valence electrons. The second kappa shape index (κ2) is 6.15. The summed E-state index contributed by atoms with van der Waals surface area (Å²) in [5.41, 5.74) is 0.898. The molecule has 0 aliphatic carbocycles. The molecule has 3 nitrogen and oxygen atoms in total. The third kappa shape index (κ3) is 3.64. The molecule has 0 aliphatic heterocycles. The Morgan fingerprint density at radius 2 is 2.16 bits per heavy atom. The van der Waals surface area contributed by atoms with Gasteiger partial charge in [-0.3, -0.25) is 4.79 Å². The van der Waals surface area contributed by atoms with E-state index in [0.717, 1.165) is 0 Å². The lowest BCUT2D eigenvalue weighted by molar-refractivity contribution is 0.102. The highest BCUT2D eigenvalue weighted by Crippen LogP contribution is 2.23. The molecular weight excluding hydrogens is 449 g/mol. The summed E-state index contributed by atoms with van der Waals surface area (Å²) in [6.07, 6.45) is 1.45. The first-order valence-corrected chi connectivity index (χ1v) is 7.30. The van der Waals surface area contributed by atoms with Gasteiger partial charge in [0.15, 0.2) is 0 Å². The Kier molecular flexibility index (Phi) is 4.75. The molecule has 19 heavy (non-hydrogen) atoms. The number of amides is 1. The molecule has 1 heterocycles. The van der Waals surface area contributed by atoms with Crippen LogP contribution in [0.1, 0.15) is 10.4 Å². The van der Waals surface area contributed by atoms with Gasteiger partial charge in [0.25, 0.3) is 5.91 Å². The zero-order valence-electron chi connectivity index (χ0n) is 9.25. The summed E-state index contributed by atoms with van der Waals surface area (Å²) in [7, 11) is 0. The van der Waals surface area contributed by atoms with Crippen LogP contribution in [0.25, 0.3) is 0 Å². The van der Waals surface area contributed by atoms with Gasteiger partial charge in [-0.15, -0.1) is 0 Å². The first-order valence-electron chi connectivity index (χ1n) is 5.05. The van der Waals surface area contributed by atoms with Crippen LogP contribution in [-0.2, 0) is 0 Å². The van der Waals surface area contributed by atoms with Gasteiger partial charge in [0, 0.05) is 3.57 Å². The highest BCUT2D eigenvalue weighted by atomic mass is 127. The van der Waals surface area contributed by atoms with Crippen LogP contribution in [0.2, 0.25) is 5.15 Å². The van der Waals surface area contributed by atoms with Crippen molar-refractivity contribution in [2.24, 2.45) is 0 Å². The molecule has 0 saturated heterocycles. The third-order valence-corrected chi connectivity index (χ3v) is 4.26. The van der Waals surface area contributed by atoms with Gasteiger partial charge in [-0.25, -0.2) is 9.37 Å². The first kappa shape index (κ1) is 14.7. The van der Waals surface area contributed by atoms with Gasteiger partial charge in [0.05, 0.1) is 21.9 Å². The van der Waals surface area contributed by atoms with E-state index < -0.39 is 0 Å². The fourth-order valence-corrected chi connectivity index (χ4v) is 2.54. The normalized spacial score (nSPS) is 10.3. The van der Waals surface area contributed by atoms with Gasteiger partial charge >= 0.3 is 0 Å². The van der Waals surface area contributed by atoms with E-state index in [-0.39, 0.29) is 11.7 Å². The van der Waals surface area contributed by atoms with Gasteiger partial charge in [-0.1, -0.05) is 11.6 Å². The smallest absolute Gasteiger partial charge is 0.256 e. The Morgan fingerprint density at radius 1 is 1.42 bits per heavy atom. The minimum atomic E-state index is -0.378. The van der Waals surface area contributed by atoms with Crippen LogP contribution >= 0.6 is 50.1 Å². The molecule has 0 saturated carbocycles. The summed E-state index contributed by atoms with van der Waals surface area (Å²) in [6.45, 7) is 0. The predicted octanol–water partition coefficient (Wildman–Crippen LogP) is 4.49. The van der Waals surface area contributed by atoms with Crippen molar-refractivity contribution in [1.29, 1.82) is 0 Å². The highest BCUT2D eigenvalue weighted by molar-refractivity contribution is 14.1. The van der Waals surface area contributed by atoms with Crippen LogP contribution in [0.4, 0.5) is 10.1 Å². The van der Waals surface area contributed by atoms with E-state index in [2.05, 4.69) is 26.2 Å². The summed E-state index contributed by atoms with van der Waals surface area (Å²) in [4.78, 5) is 15.9. The van der Waals surface area contributed by atoms with E-state index in [1.54, 1.807) is 6.07 Å². The molecule has 7 heteroatoms. The van der Waals surface area contributed by atoms with E-state index in [9.17, 15) is 9.18 Å². The van der Waals surface area contributed by atoms with Crippen molar-refractivity contribution >= 4 is 61.7 Å². The zero-order valence-corrected chi connectivity index (χ0v) is 13.8. The molecule has 0 unspecified atom stereocenters. The van der Waals surface area contributed by atoms with Crippen molar-refractivity contribution < 1.29 is 9.18 Å². The Balaban J connectivity index is 2.23. The fourth-order valence-electron chi connectivity index (χ4n) is 1.36. The molecule has 1 amide bonds. The Bertz CT molecular complexity index is 654. The Labute approximate surface area is 135 Å². The molecule has 2 aromatic rings. The van der Waals surface area contributed by atoms with Crippen LogP contribution in [0.5, 0.6) is 0 Å². The lowest BCUT2D eigenvalue weighted by atomic mass is 10.2. The van der Waals surface area contributed by atoms with Gasteiger partial charge in [-0.05, 0) is 62.8 Å². The average Bonchev–Trinajstić information content (AvgIpc) is 2.33. The topological polar surface area (TPSA) is 42.0 Å². The maximum absolute atomic E-state index is 13.0. The number of benzene rings is 1. The number of nitrogens with one attached hydrogen (secondary N) is 1. The molecule has 0 bridgehead atoms. The number of hydrogen-bond donors (Lipinski definition) is 1. The maximum atomic E-state index is 13.0. The molecular formula is C12H6BrClFIN2O. The van der Waals surface area contributed by atoms with E-state index in [1.807, 2.05) is 22.6 Å². The Morgan fingerprint density at radius 3 is 2.79 bits per heavy atom. The molecule has 1 aromatic heterocycles. The summed E-state index contributed by atoms with van der Waals surface area (Å²) < 4.78 is 14.1. The van der Waals surface area contributed by atoms with Gasteiger partial charge < -0.3 is 5.32 Å². The number of carbonyl (C=O) groups is 1.